The third-order valence-corrected chi connectivity index (χ3v) is 5.24. The monoisotopic (exact) mass is 425 g/mol. The van der Waals surface area contributed by atoms with E-state index in [9.17, 15) is 4.79 Å². The van der Waals surface area contributed by atoms with Crippen molar-refractivity contribution in [2.24, 2.45) is 0 Å². The number of nitrogens with zero attached hydrogens (tertiary/aromatic N) is 2. The van der Waals surface area contributed by atoms with E-state index < -0.39 is 0 Å². The number of nitrogens with one attached hydrogen (secondary N) is 1. The van der Waals surface area contributed by atoms with Gasteiger partial charge < -0.3 is 10.2 Å². The Kier molecular flexibility index (Phi) is 5.43. The van der Waals surface area contributed by atoms with Crippen LogP contribution in [0.2, 0.25) is 10.0 Å². The van der Waals surface area contributed by atoms with Crippen LogP contribution in [0.5, 0.6) is 0 Å². The van der Waals surface area contributed by atoms with E-state index in [1.807, 2.05) is 12.1 Å². The Balaban J connectivity index is 1.67. The number of rotatable bonds is 3. The summed E-state index contributed by atoms with van der Waals surface area (Å²) < 4.78 is 0.793. The third-order valence-electron chi connectivity index (χ3n) is 3.72. The highest BCUT2D eigenvalue weighted by atomic mass is 79.9. The topological polar surface area (TPSA) is 45.2 Å². The largest absolute Gasteiger partial charge is 0.351 e. The molecule has 0 spiro atoms. The molecular weight excluding hydrogens is 413 g/mol. The summed E-state index contributed by atoms with van der Waals surface area (Å²) in [5.41, 5.74) is 1.42. The number of halogens is 3. The van der Waals surface area contributed by atoms with Crippen molar-refractivity contribution in [3.05, 3.63) is 62.7 Å². The van der Waals surface area contributed by atoms with Crippen LogP contribution in [0.1, 0.15) is 6.42 Å². The lowest BCUT2D eigenvalue weighted by Crippen LogP contribution is -2.32. The molecule has 2 heterocycles. The first-order chi connectivity index (χ1) is 11.5. The van der Waals surface area contributed by atoms with Gasteiger partial charge in [0.15, 0.2) is 0 Å². The minimum Gasteiger partial charge on any atom is -0.351 e. The lowest BCUT2D eigenvalue weighted by atomic mass is 10.1. The molecule has 0 bridgehead atoms. The number of carbonyl (C=O) groups is 1. The normalized spacial score (nSPS) is 14.3. The molecule has 3 rings (SSSR count). The number of hydrogen-bond acceptors (Lipinski definition) is 3. The second-order valence-corrected chi connectivity index (χ2v) is 6.99. The van der Waals surface area contributed by atoms with E-state index in [0.29, 0.717) is 35.2 Å². The van der Waals surface area contributed by atoms with Crippen molar-refractivity contribution in [3.63, 3.8) is 0 Å². The van der Waals surface area contributed by atoms with Crippen LogP contribution in [0, 0.1) is 0 Å². The highest BCUT2D eigenvalue weighted by molar-refractivity contribution is 9.10. The van der Waals surface area contributed by atoms with Crippen molar-refractivity contribution in [2.75, 3.05) is 23.3 Å². The molecular formula is C17H14BrCl2N3O. The lowest BCUT2D eigenvalue weighted by molar-refractivity contribution is -0.113. The summed E-state index contributed by atoms with van der Waals surface area (Å²) in [6.45, 7) is 1.29. The van der Waals surface area contributed by atoms with Gasteiger partial charge in [0.25, 0.3) is 5.91 Å². The van der Waals surface area contributed by atoms with E-state index in [1.165, 1.54) is 0 Å². The van der Waals surface area contributed by atoms with Gasteiger partial charge in [0.1, 0.15) is 5.82 Å². The number of hydrogen-bond donors (Lipinski definition) is 1. The number of aromatic nitrogens is 1. The van der Waals surface area contributed by atoms with Gasteiger partial charge in [-0.1, -0.05) is 29.3 Å². The SMILES string of the molecule is O=C(Nc1ccc(Br)c(Cl)c1)C1=CCN(c2ncccc2Cl)CC1. The highest BCUT2D eigenvalue weighted by Crippen LogP contribution is 2.27. The number of benzene rings is 1. The molecule has 1 aromatic heterocycles. The maximum absolute atomic E-state index is 12.4. The van der Waals surface area contributed by atoms with Gasteiger partial charge in [-0.05, 0) is 52.7 Å². The third kappa shape index (κ3) is 3.91. The molecule has 24 heavy (non-hydrogen) atoms. The quantitative estimate of drug-likeness (QED) is 0.756. The van der Waals surface area contributed by atoms with Gasteiger partial charge in [0.05, 0.1) is 10.0 Å². The molecule has 0 radical (unpaired) electrons. The van der Waals surface area contributed by atoms with E-state index in [2.05, 4.69) is 31.1 Å². The van der Waals surface area contributed by atoms with Crippen LogP contribution < -0.4 is 10.2 Å². The molecule has 0 atom stereocenters. The molecule has 0 unspecified atom stereocenters. The zero-order valence-corrected chi connectivity index (χ0v) is 15.7. The van der Waals surface area contributed by atoms with Crippen molar-refractivity contribution in [1.29, 1.82) is 0 Å². The molecule has 0 saturated carbocycles. The van der Waals surface area contributed by atoms with Gasteiger partial charge in [-0.15, -0.1) is 0 Å². The van der Waals surface area contributed by atoms with Crippen LogP contribution in [-0.2, 0) is 4.79 Å². The predicted molar refractivity (Wildman–Crippen MR) is 102 cm³/mol. The molecule has 0 fully saturated rings. The average Bonchev–Trinajstić information content (AvgIpc) is 2.59. The van der Waals surface area contributed by atoms with Crippen LogP contribution in [0.3, 0.4) is 0 Å². The minimum atomic E-state index is -0.111. The van der Waals surface area contributed by atoms with Crippen LogP contribution in [0.25, 0.3) is 0 Å². The minimum absolute atomic E-state index is 0.111. The molecule has 7 heteroatoms. The smallest absolute Gasteiger partial charge is 0.251 e. The van der Waals surface area contributed by atoms with E-state index >= 15 is 0 Å². The van der Waals surface area contributed by atoms with Crippen molar-refractivity contribution in [1.82, 2.24) is 4.98 Å². The standard InChI is InChI=1S/C17H14BrCl2N3O/c18-13-4-3-12(10-15(13)20)22-17(24)11-5-8-23(9-6-11)16-14(19)2-1-7-21-16/h1-5,7,10H,6,8-9H2,(H,22,24). The van der Waals surface area contributed by atoms with Gasteiger partial charge in [0, 0.05) is 35.0 Å². The highest BCUT2D eigenvalue weighted by Gasteiger charge is 2.19. The molecule has 0 aliphatic carbocycles. The summed E-state index contributed by atoms with van der Waals surface area (Å²) in [6, 6.07) is 8.93. The molecule has 1 aliphatic rings. The van der Waals surface area contributed by atoms with Crippen LogP contribution in [0.15, 0.2) is 52.7 Å². The first-order valence-corrected chi connectivity index (χ1v) is 8.90. The Labute approximate surface area is 158 Å². The van der Waals surface area contributed by atoms with E-state index in [4.69, 9.17) is 23.2 Å². The molecule has 0 saturated heterocycles. The van der Waals surface area contributed by atoms with Crippen molar-refractivity contribution in [3.8, 4) is 0 Å². The molecule has 1 aliphatic heterocycles. The van der Waals surface area contributed by atoms with E-state index in [0.717, 1.165) is 15.9 Å². The van der Waals surface area contributed by atoms with E-state index in [-0.39, 0.29) is 5.91 Å². The fourth-order valence-corrected chi connectivity index (χ4v) is 3.13. The number of anilines is 2. The van der Waals surface area contributed by atoms with Crippen molar-refractivity contribution in [2.45, 2.75) is 6.42 Å². The summed E-state index contributed by atoms with van der Waals surface area (Å²) in [6.07, 6.45) is 4.25. The summed E-state index contributed by atoms with van der Waals surface area (Å²) in [7, 11) is 0. The fourth-order valence-electron chi connectivity index (χ4n) is 2.46. The van der Waals surface area contributed by atoms with Gasteiger partial charge in [-0.25, -0.2) is 4.98 Å². The maximum Gasteiger partial charge on any atom is 0.251 e. The van der Waals surface area contributed by atoms with Crippen LogP contribution >= 0.6 is 39.1 Å². The Morgan fingerprint density at radius 3 is 2.75 bits per heavy atom. The second kappa shape index (κ2) is 7.55. The number of amides is 1. The summed E-state index contributed by atoms with van der Waals surface area (Å²) >= 11 is 15.5. The van der Waals surface area contributed by atoms with Gasteiger partial charge in [-0.2, -0.15) is 0 Å². The molecule has 1 amide bonds. The van der Waals surface area contributed by atoms with Crippen LogP contribution in [0.4, 0.5) is 11.5 Å². The van der Waals surface area contributed by atoms with Gasteiger partial charge >= 0.3 is 0 Å². The van der Waals surface area contributed by atoms with Gasteiger partial charge in [-0.3, -0.25) is 4.79 Å². The fraction of sp³-hybridized carbons (Fsp3) is 0.176. The molecule has 124 valence electrons. The Morgan fingerprint density at radius 2 is 2.08 bits per heavy atom. The second-order valence-electron chi connectivity index (χ2n) is 5.32. The number of pyridine rings is 1. The Bertz CT molecular complexity index is 810. The molecule has 2 aromatic rings. The van der Waals surface area contributed by atoms with Crippen molar-refractivity contribution < 1.29 is 4.79 Å². The Hall–Kier alpha value is -1.56. The summed E-state index contributed by atoms with van der Waals surface area (Å²) in [5, 5.41) is 4.04. The summed E-state index contributed by atoms with van der Waals surface area (Å²) in [4.78, 5) is 18.7. The first-order valence-electron chi connectivity index (χ1n) is 7.35. The van der Waals surface area contributed by atoms with Gasteiger partial charge in [0.2, 0.25) is 0 Å². The molecule has 4 nitrogen and oxygen atoms in total. The molecule has 1 N–H and O–H groups in total. The Morgan fingerprint density at radius 1 is 1.25 bits per heavy atom. The predicted octanol–water partition coefficient (Wildman–Crippen LogP) is 4.93. The first kappa shape index (κ1) is 17.3. The zero-order chi connectivity index (χ0) is 17.1. The molecule has 1 aromatic carbocycles. The average molecular weight is 427 g/mol. The maximum atomic E-state index is 12.4. The van der Waals surface area contributed by atoms with Crippen LogP contribution in [-0.4, -0.2) is 24.0 Å². The van der Waals surface area contributed by atoms with Crippen molar-refractivity contribution >= 4 is 56.5 Å². The summed E-state index contributed by atoms with van der Waals surface area (Å²) in [5.74, 6) is 0.634. The lowest BCUT2D eigenvalue weighted by Gasteiger charge is -2.27. The van der Waals surface area contributed by atoms with E-state index in [1.54, 1.807) is 30.5 Å². The number of carbonyl (C=O) groups excluding carboxylic acids is 1. The zero-order valence-electron chi connectivity index (χ0n) is 12.6.